The van der Waals surface area contributed by atoms with Crippen LogP contribution in [0.2, 0.25) is 0 Å². The number of rotatable bonds is 4. The first kappa shape index (κ1) is 17.7. The second-order valence-corrected chi connectivity index (χ2v) is 8.51. The summed E-state index contributed by atoms with van der Waals surface area (Å²) in [4.78, 5) is 15.8. The van der Waals surface area contributed by atoms with Crippen LogP contribution in [0.3, 0.4) is 0 Å². The fourth-order valence-corrected chi connectivity index (χ4v) is 4.78. The summed E-state index contributed by atoms with van der Waals surface area (Å²) in [6.07, 6.45) is 0.663. The van der Waals surface area contributed by atoms with Gasteiger partial charge in [0.25, 0.3) is 0 Å². The fraction of sp³-hybridized carbons (Fsp3) is 0.263. The van der Waals surface area contributed by atoms with E-state index in [0.29, 0.717) is 36.7 Å². The Hall–Kier alpha value is -2.71. The Morgan fingerprint density at radius 2 is 1.93 bits per heavy atom. The van der Waals surface area contributed by atoms with Crippen LogP contribution in [-0.4, -0.2) is 36.7 Å². The molecule has 1 amide bonds. The number of nitrogens with zero attached hydrogens (tertiary/aromatic N) is 2. The number of carbonyl (C=O) groups excluding carboxylic acids is 1. The van der Waals surface area contributed by atoms with Gasteiger partial charge in [0.05, 0.1) is 10.8 Å². The van der Waals surface area contributed by atoms with Gasteiger partial charge in [-0.1, -0.05) is 12.1 Å². The zero-order valence-electron chi connectivity index (χ0n) is 14.8. The van der Waals surface area contributed by atoms with E-state index in [4.69, 9.17) is 4.42 Å². The van der Waals surface area contributed by atoms with Crippen molar-refractivity contribution in [2.75, 3.05) is 18.4 Å². The first-order chi connectivity index (χ1) is 12.9. The van der Waals surface area contributed by atoms with Crippen molar-refractivity contribution in [1.82, 2.24) is 9.29 Å². The van der Waals surface area contributed by atoms with Crippen molar-refractivity contribution >= 4 is 32.7 Å². The maximum Gasteiger partial charge on any atom is 0.243 e. The lowest BCUT2D eigenvalue weighted by molar-refractivity contribution is -0.114. The lowest BCUT2D eigenvalue weighted by Crippen LogP contribution is -2.28. The van der Waals surface area contributed by atoms with Crippen molar-refractivity contribution < 1.29 is 17.6 Å². The van der Waals surface area contributed by atoms with E-state index in [2.05, 4.69) is 10.3 Å². The van der Waals surface area contributed by atoms with Crippen molar-refractivity contribution in [3.63, 3.8) is 0 Å². The first-order valence-corrected chi connectivity index (χ1v) is 10.1. The van der Waals surface area contributed by atoms with Gasteiger partial charge in [0.2, 0.25) is 15.9 Å². The molecule has 7 nitrogen and oxygen atoms in total. The lowest BCUT2D eigenvalue weighted by Gasteiger charge is -2.16. The number of para-hydroxylation sites is 2. The Kier molecular flexibility index (Phi) is 4.45. The summed E-state index contributed by atoms with van der Waals surface area (Å²) in [5.74, 6) is 0.312. The average Bonchev–Trinajstić information content (AvgIpc) is 3.29. The van der Waals surface area contributed by atoms with Gasteiger partial charge >= 0.3 is 0 Å². The van der Waals surface area contributed by atoms with E-state index >= 15 is 0 Å². The highest BCUT2D eigenvalue weighted by atomic mass is 32.2. The predicted octanol–water partition coefficient (Wildman–Crippen LogP) is 2.96. The van der Waals surface area contributed by atoms with Crippen molar-refractivity contribution in [1.29, 1.82) is 0 Å². The van der Waals surface area contributed by atoms with Crippen molar-refractivity contribution in [3.8, 4) is 0 Å². The van der Waals surface area contributed by atoms with Gasteiger partial charge in [-0.2, -0.15) is 4.31 Å². The molecule has 1 aliphatic rings. The van der Waals surface area contributed by atoms with Gasteiger partial charge in [0, 0.05) is 25.7 Å². The molecule has 0 saturated carbocycles. The molecule has 0 radical (unpaired) electrons. The summed E-state index contributed by atoms with van der Waals surface area (Å²) in [6.45, 7) is 2.16. The molecule has 1 aromatic heterocycles. The molecule has 3 aromatic rings. The Morgan fingerprint density at radius 1 is 1.19 bits per heavy atom. The van der Waals surface area contributed by atoms with Crippen LogP contribution >= 0.6 is 0 Å². The number of oxazole rings is 1. The number of hydrogen-bond acceptors (Lipinski definition) is 5. The van der Waals surface area contributed by atoms with Gasteiger partial charge in [0.1, 0.15) is 5.52 Å². The van der Waals surface area contributed by atoms with Crippen molar-refractivity contribution in [3.05, 3.63) is 54.4 Å². The van der Waals surface area contributed by atoms with E-state index in [1.54, 1.807) is 12.1 Å². The number of nitrogens with one attached hydrogen (secondary N) is 1. The maximum absolute atomic E-state index is 12.9. The van der Waals surface area contributed by atoms with Crippen molar-refractivity contribution in [2.24, 2.45) is 0 Å². The number of aromatic nitrogens is 1. The van der Waals surface area contributed by atoms with Crippen LogP contribution in [0.25, 0.3) is 11.1 Å². The summed E-state index contributed by atoms with van der Waals surface area (Å²) >= 11 is 0. The molecule has 1 fully saturated rings. The second kappa shape index (κ2) is 6.79. The quantitative estimate of drug-likeness (QED) is 0.745. The Bertz CT molecular complexity index is 1060. The van der Waals surface area contributed by atoms with Gasteiger partial charge in [-0.05, 0) is 42.8 Å². The molecule has 0 aliphatic carbocycles. The highest BCUT2D eigenvalue weighted by molar-refractivity contribution is 7.89. The van der Waals surface area contributed by atoms with E-state index < -0.39 is 10.0 Å². The normalized spacial score (nSPS) is 18.0. The molecule has 0 bridgehead atoms. The second-order valence-electron chi connectivity index (χ2n) is 6.57. The van der Waals surface area contributed by atoms with Crippen molar-refractivity contribution in [2.45, 2.75) is 24.2 Å². The number of anilines is 1. The van der Waals surface area contributed by atoms with Crippen LogP contribution in [0.5, 0.6) is 0 Å². The Morgan fingerprint density at radius 3 is 2.63 bits per heavy atom. The summed E-state index contributed by atoms with van der Waals surface area (Å²) in [5.41, 5.74) is 2.05. The third kappa shape index (κ3) is 3.45. The SMILES string of the molecule is CC(=O)Nc1ccc(S(=O)(=O)N2CC[C@H](c3nc4ccccc4o3)C2)cc1. The smallest absolute Gasteiger partial charge is 0.243 e. The third-order valence-corrected chi connectivity index (χ3v) is 6.50. The van der Waals surface area contributed by atoms with E-state index in [-0.39, 0.29) is 16.7 Å². The molecular weight excluding hydrogens is 366 g/mol. The summed E-state index contributed by atoms with van der Waals surface area (Å²) in [7, 11) is -3.60. The van der Waals surface area contributed by atoms with Crippen LogP contribution < -0.4 is 5.32 Å². The average molecular weight is 385 g/mol. The maximum atomic E-state index is 12.9. The molecule has 0 unspecified atom stereocenters. The van der Waals surface area contributed by atoms with Crippen LogP contribution in [0, 0.1) is 0 Å². The van der Waals surface area contributed by atoms with Gasteiger partial charge in [-0.3, -0.25) is 4.79 Å². The predicted molar refractivity (Wildman–Crippen MR) is 101 cm³/mol. The molecule has 140 valence electrons. The highest BCUT2D eigenvalue weighted by Crippen LogP contribution is 2.32. The minimum Gasteiger partial charge on any atom is -0.440 e. The monoisotopic (exact) mass is 385 g/mol. The number of carbonyl (C=O) groups is 1. The van der Waals surface area contributed by atoms with Crippen LogP contribution in [-0.2, 0) is 14.8 Å². The standard InChI is InChI=1S/C19H19N3O4S/c1-13(23)20-15-6-8-16(9-7-15)27(24,25)22-11-10-14(12-22)19-21-17-4-2-3-5-18(17)26-19/h2-9,14H,10-12H2,1H3,(H,20,23)/t14-/m0/s1. The summed E-state index contributed by atoms with van der Waals surface area (Å²) in [6, 6.07) is 13.7. The topological polar surface area (TPSA) is 92.5 Å². The van der Waals surface area contributed by atoms with Crippen LogP contribution in [0.4, 0.5) is 5.69 Å². The number of amides is 1. The van der Waals surface area contributed by atoms with E-state index in [0.717, 1.165) is 5.52 Å². The lowest BCUT2D eigenvalue weighted by atomic mass is 10.1. The van der Waals surface area contributed by atoms with E-state index in [1.165, 1.54) is 23.4 Å². The molecule has 4 rings (SSSR count). The molecule has 2 aromatic carbocycles. The molecule has 1 aliphatic heterocycles. The molecular formula is C19H19N3O4S. The van der Waals surface area contributed by atoms with Gasteiger partial charge in [0.15, 0.2) is 11.5 Å². The third-order valence-electron chi connectivity index (χ3n) is 4.62. The molecule has 0 spiro atoms. The van der Waals surface area contributed by atoms with Gasteiger partial charge in [-0.25, -0.2) is 13.4 Å². The molecule has 1 saturated heterocycles. The molecule has 27 heavy (non-hydrogen) atoms. The molecule has 8 heteroatoms. The Labute approximate surface area is 157 Å². The zero-order chi connectivity index (χ0) is 19.0. The summed E-state index contributed by atoms with van der Waals surface area (Å²) < 4.78 is 33.1. The highest BCUT2D eigenvalue weighted by Gasteiger charge is 2.35. The molecule has 2 heterocycles. The number of benzene rings is 2. The van der Waals surface area contributed by atoms with Gasteiger partial charge in [-0.15, -0.1) is 0 Å². The Balaban J connectivity index is 1.52. The van der Waals surface area contributed by atoms with Gasteiger partial charge < -0.3 is 9.73 Å². The first-order valence-electron chi connectivity index (χ1n) is 8.67. The molecule has 1 N–H and O–H groups in total. The summed E-state index contributed by atoms with van der Waals surface area (Å²) in [5, 5.41) is 2.63. The zero-order valence-corrected chi connectivity index (χ0v) is 15.6. The van der Waals surface area contributed by atoms with E-state index in [1.807, 2.05) is 24.3 Å². The number of hydrogen-bond donors (Lipinski definition) is 1. The van der Waals surface area contributed by atoms with E-state index in [9.17, 15) is 13.2 Å². The largest absolute Gasteiger partial charge is 0.440 e. The van der Waals surface area contributed by atoms with Crippen LogP contribution in [0.1, 0.15) is 25.2 Å². The number of sulfonamides is 1. The minimum absolute atomic E-state index is 0.0640. The fourth-order valence-electron chi connectivity index (χ4n) is 3.28. The molecule has 1 atom stereocenters. The van der Waals surface area contributed by atoms with Crippen LogP contribution in [0.15, 0.2) is 57.8 Å². The number of fused-ring (bicyclic) bond motifs is 1. The minimum atomic E-state index is -3.60.